The number of ether oxygens (including phenoxy) is 6. The van der Waals surface area contributed by atoms with E-state index in [1.165, 1.54) is 13.8 Å². The highest BCUT2D eigenvalue weighted by molar-refractivity contribution is 5.69. The topological polar surface area (TPSA) is 144 Å². The lowest BCUT2D eigenvalue weighted by atomic mass is 9.82. The van der Waals surface area contributed by atoms with Crippen molar-refractivity contribution in [3.63, 3.8) is 0 Å². The quantitative estimate of drug-likeness (QED) is 0.460. The summed E-state index contributed by atoms with van der Waals surface area (Å²) in [6.45, 7) is 5.61. The zero-order valence-electron chi connectivity index (χ0n) is 17.0. The Morgan fingerprint density at radius 3 is 1.93 bits per heavy atom. The molecule has 164 valence electrons. The van der Waals surface area contributed by atoms with E-state index in [-0.39, 0.29) is 19.6 Å². The first kappa shape index (κ1) is 23.0. The van der Waals surface area contributed by atoms with Crippen molar-refractivity contribution in [2.24, 2.45) is 0 Å². The van der Waals surface area contributed by atoms with Crippen LogP contribution in [0.2, 0.25) is 0 Å². The van der Waals surface area contributed by atoms with Gasteiger partial charge in [0.1, 0.15) is 18.3 Å². The SMILES string of the molecule is CC(=O)OCC1OC2(OCCC2(C)O)C(OC(C)=O)C(OC(C)=O)C1OC(C)=O. The molecule has 6 unspecified atom stereocenters. The van der Waals surface area contributed by atoms with E-state index >= 15 is 0 Å². The fraction of sp³-hybridized carbons (Fsp3) is 0.778. The molecule has 1 N–H and O–H groups in total. The number of hydrogen-bond acceptors (Lipinski definition) is 11. The van der Waals surface area contributed by atoms with E-state index in [1.807, 2.05) is 0 Å². The molecule has 29 heavy (non-hydrogen) atoms. The Hall–Kier alpha value is -2.24. The number of rotatable bonds is 5. The van der Waals surface area contributed by atoms with E-state index in [0.29, 0.717) is 0 Å². The highest BCUT2D eigenvalue weighted by Crippen LogP contribution is 2.47. The van der Waals surface area contributed by atoms with Crippen LogP contribution in [0.3, 0.4) is 0 Å². The van der Waals surface area contributed by atoms with Gasteiger partial charge in [0.05, 0.1) is 6.61 Å². The van der Waals surface area contributed by atoms with E-state index in [0.717, 1.165) is 20.8 Å². The molecular formula is C18H26O11. The van der Waals surface area contributed by atoms with Gasteiger partial charge in [0.25, 0.3) is 0 Å². The third-order valence-corrected chi connectivity index (χ3v) is 4.69. The minimum absolute atomic E-state index is 0.0517. The molecule has 2 rings (SSSR count). The molecule has 0 saturated carbocycles. The molecule has 11 heteroatoms. The van der Waals surface area contributed by atoms with Crippen LogP contribution in [-0.4, -0.2) is 78.0 Å². The minimum atomic E-state index is -1.94. The van der Waals surface area contributed by atoms with Gasteiger partial charge in [-0.2, -0.15) is 0 Å². The van der Waals surface area contributed by atoms with Gasteiger partial charge in [-0.15, -0.1) is 0 Å². The molecule has 0 radical (unpaired) electrons. The van der Waals surface area contributed by atoms with E-state index in [1.54, 1.807) is 0 Å². The van der Waals surface area contributed by atoms with E-state index in [4.69, 9.17) is 28.4 Å². The van der Waals surface area contributed by atoms with E-state index in [9.17, 15) is 24.3 Å². The van der Waals surface area contributed by atoms with Gasteiger partial charge >= 0.3 is 23.9 Å². The average molecular weight is 418 g/mol. The zero-order valence-corrected chi connectivity index (χ0v) is 17.0. The maximum atomic E-state index is 11.8. The predicted molar refractivity (Wildman–Crippen MR) is 92.1 cm³/mol. The summed E-state index contributed by atoms with van der Waals surface area (Å²) in [5.41, 5.74) is -1.67. The smallest absolute Gasteiger partial charge is 0.303 e. The van der Waals surface area contributed by atoms with Gasteiger partial charge in [-0.05, 0) is 6.92 Å². The van der Waals surface area contributed by atoms with Crippen LogP contribution < -0.4 is 0 Å². The standard InChI is InChI=1S/C18H26O11/c1-9(19)24-8-13-14(26-10(2)20)15(27-11(3)21)16(28-12(4)22)18(29-13)17(5,23)6-7-25-18/h13-16,23H,6-8H2,1-5H3. The number of esters is 4. The predicted octanol–water partition coefficient (Wildman–Crippen LogP) is -0.389. The lowest BCUT2D eigenvalue weighted by Crippen LogP contribution is -2.73. The van der Waals surface area contributed by atoms with Crippen LogP contribution >= 0.6 is 0 Å². The molecule has 1 spiro atoms. The molecule has 2 saturated heterocycles. The van der Waals surface area contributed by atoms with Crippen LogP contribution in [0.1, 0.15) is 41.0 Å². The van der Waals surface area contributed by atoms with Crippen molar-refractivity contribution in [3.05, 3.63) is 0 Å². The number of aliphatic hydroxyl groups is 1. The molecule has 0 bridgehead atoms. The third-order valence-electron chi connectivity index (χ3n) is 4.69. The second-order valence-corrected chi connectivity index (χ2v) is 7.18. The third kappa shape index (κ3) is 4.85. The van der Waals surface area contributed by atoms with Gasteiger partial charge in [-0.3, -0.25) is 19.2 Å². The average Bonchev–Trinajstić information content (AvgIpc) is 2.85. The van der Waals surface area contributed by atoms with Gasteiger partial charge in [0.2, 0.25) is 5.79 Å². The normalized spacial score (nSPS) is 36.3. The molecule has 0 amide bonds. The summed E-state index contributed by atoms with van der Waals surface area (Å²) < 4.78 is 32.6. The second kappa shape index (κ2) is 8.64. The summed E-state index contributed by atoms with van der Waals surface area (Å²) in [4.78, 5) is 46.6. The van der Waals surface area contributed by atoms with Crippen molar-refractivity contribution in [1.82, 2.24) is 0 Å². The maximum Gasteiger partial charge on any atom is 0.303 e. The van der Waals surface area contributed by atoms with Crippen LogP contribution in [-0.2, 0) is 47.6 Å². The summed E-state index contributed by atoms with van der Waals surface area (Å²) in [5, 5.41) is 11.0. The van der Waals surface area contributed by atoms with Crippen molar-refractivity contribution in [3.8, 4) is 0 Å². The molecule has 2 aliphatic heterocycles. The molecule has 2 fully saturated rings. The first-order chi connectivity index (χ1) is 13.4. The van der Waals surface area contributed by atoms with E-state index < -0.39 is 59.7 Å². The second-order valence-electron chi connectivity index (χ2n) is 7.18. The highest BCUT2D eigenvalue weighted by atomic mass is 16.8. The van der Waals surface area contributed by atoms with Gasteiger partial charge in [0, 0.05) is 34.1 Å². The summed E-state index contributed by atoms with van der Waals surface area (Å²) in [5.74, 6) is -4.83. The fourth-order valence-corrected chi connectivity index (χ4v) is 3.55. The van der Waals surface area contributed by atoms with Crippen molar-refractivity contribution in [2.75, 3.05) is 13.2 Å². The Morgan fingerprint density at radius 1 is 0.931 bits per heavy atom. The lowest BCUT2D eigenvalue weighted by molar-refractivity contribution is -0.387. The van der Waals surface area contributed by atoms with Crippen LogP contribution in [0.5, 0.6) is 0 Å². The summed E-state index contributed by atoms with van der Waals surface area (Å²) in [6, 6.07) is 0. The highest BCUT2D eigenvalue weighted by Gasteiger charge is 2.69. The summed E-state index contributed by atoms with van der Waals surface area (Å²) in [6.07, 6.45) is -5.21. The molecule has 6 atom stereocenters. The monoisotopic (exact) mass is 418 g/mol. The molecule has 2 heterocycles. The Morgan fingerprint density at radius 2 is 1.48 bits per heavy atom. The molecule has 2 aliphatic rings. The van der Waals surface area contributed by atoms with Crippen LogP contribution in [0.4, 0.5) is 0 Å². The first-order valence-corrected chi connectivity index (χ1v) is 9.09. The van der Waals surface area contributed by atoms with Crippen molar-refractivity contribution >= 4 is 23.9 Å². The van der Waals surface area contributed by atoms with Crippen molar-refractivity contribution in [1.29, 1.82) is 0 Å². The van der Waals surface area contributed by atoms with E-state index in [2.05, 4.69) is 0 Å². The van der Waals surface area contributed by atoms with Crippen LogP contribution in [0.25, 0.3) is 0 Å². The Balaban J connectivity index is 2.56. The zero-order chi connectivity index (χ0) is 22.0. The Bertz CT molecular complexity index is 673. The maximum absolute atomic E-state index is 11.8. The summed E-state index contributed by atoms with van der Waals surface area (Å²) in [7, 11) is 0. The minimum Gasteiger partial charge on any atom is -0.463 e. The first-order valence-electron chi connectivity index (χ1n) is 9.09. The van der Waals surface area contributed by atoms with Crippen LogP contribution in [0.15, 0.2) is 0 Å². The molecule has 11 nitrogen and oxygen atoms in total. The van der Waals surface area contributed by atoms with Crippen LogP contribution in [0, 0.1) is 0 Å². The van der Waals surface area contributed by atoms with Crippen molar-refractivity contribution in [2.45, 2.75) is 76.8 Å². The van der Waals surface area contributed by atoms with Gasteiger partial charge < -0.3 is 33.5 Å². The van der Waals surface area contributed by atoms with Gasteiger partial charge in [0.15, 0.2) is 18.3 Å². The fourth-order valence-electron chi connectivity index (χ4n) is 3.55. The van der Waals surface area contributed by atoms with Crippen molar-refractivity contribution < 1.29 is 52.7 Å². The largest absolute Gasteiger partial charge is 0.463 e. The molecular weight excluding hydrogens is 392 g/mol. The Labute approximate surface area is 167 Å². The number of hydrogen-bond donors (Lipinski definition) is 1. The number of carbonyl (C=O) groups excluding carboxylic acids is 4. The molecule has 0 aromatic rings. The molecule has 0 aliphatic carbocycles. The number of carbonyl (C=O) groups is 4. The van der Waals surface area contributed by atoms with Gasteiger partial charge in [-0.25, -0.2) is 0 Å². The van der Waals surface area contributed by atoms with Gasteiger partial charge in [-0.1, -0.05) is 0 Å². The Kier molecular flexibility index (Phi) is 6.86. The summed E-state index contributed by atoms with van der Waals surface area (Å²) >= 11 is 0. The molecule has 0 aromatic carbocycles. The lowest BCUT2D eigenvalue weighted by Gasteiger charge is -2.52. The molecule has 0 aromatic heterocycles.